The van der Waals surface area contributed by atoms with Crippen molar-refractivity contribution in [2.45, 2.75) is 45.4 Å². The second-order valence-corrected chi connectivity index (χ2v) is 4.97. The quantitative estimate of drug-likeness (QED) is 0.323. The Labute approximate surface area is 128 Å². The number of methoxy groups -OCH3 is 1. The minimum atomic E-state index is -0.346. The van der Waals surface area contributed by atoms with Gasteiger partial charge in [-0.15, -0.1) is 0 Å². The Morgan fingerprint density at radius 1 is 1.19 bits per heavy atom. The minimum absolute atomic E-state index is 0.346. The van der Waals surface area contributed by atoms with Gasteiger partial charge in [-0.3, -0.25) is 0 Å². The molecule has 1 aromatic carbocycles. The maximum absolute atomic E-state index is 11.4. The summed E-state index contributed by atoms with van der Waals surface area (Å²) in [6.07, 6.45) is 7.88. The molecule has 0 saturated heterocycles. The van der Waals surface area contributed by atoms with Crippen LogP contribution in [0.15, 0.2) is 42.0 Å². The van der Waals surface area contributed by atoms with Gasteiger partial charge in [0.25, 0.3) is 0 Å². The highest BCUT2D eigenvalue weighted by Gasteiger charge is 2.01. The molecule has 0 radical (unpaired) electrons. The molecule has 0 fully saturated rings. The Kier molecular flexibility index (Phi) is 8.72. The Hall–Kier alpha value is -2.01. The summed E-state index contributed by atoms with van der Waals surface area (Å²) < 4.78 is 4.69. The van der Waals surface area contributed by atoms with Crippen LogP contribution in [0, 0.1) is 11.8 Å². The molecule has 2 heteroatoms. The monoisotopic (exact) mass is 284 g/mol. The van der Waals surface area contributed by atoms with Gasteiger partial charge >= 0.3 is 5.97 Å². The zero-order chi connectivity index (χ0) is 15.3. The lowest BCUT2D eigenvalue weighted by Crippen LogP contribution is -1.98. The highest BCUT2D eigenvalue weighted by Crippen LogP contribution is 2.08. The first-order valence-corrected chi connectivity index (χ1v) is 7.57. The average Bonchev–Trinajstić information content (AvgIpc) is 2.51. The molecule has 0 aliphatic heterocycles. The van der Waals surface area contributed by atoms with Gasteiger partial charge in [0.2, 0.25) is 0 Å². The van der Waals surface area contributed by atoms with Crippen molar-refractivity contribution in [3.8, 4) is 11.8 Å². The van der Waals surface area contributed by atoms with E-state index in [1.165, 1.54) is 32.4 Å². The number of rotatable bonds is 7. The fourth-order valence-corrected chi connectivity index (χ4v) is 1.96. The summed E-state index contributed by atoms with van der Waals surface area (Å²) in [5, 5.41) is 0. The largest absolute Gasteiger partial charge is 0.466 e. The van der Waals surface area contributed by atoms with Crippen molar-refractivity contribution in [1.82, 2.24) is 0 Å². The van der Waals surface area contributed by atoms with E-state index < -0.39 is 0 Å². The van der Waals surface area contributed by atoms with Gasteiger partial charge in [-0.25, -0.2) is 4.79 Å². The molecule has 0 aliphatic carbocycles. The average molecular weight is 284 g/mol. The van der Waals surface area contributed by atoms with Crippen LogP contribution in [-0.2, 0) is 16.0 Å². The van der Waals surface area contributed by atoms with Gasteiger partial charge in [0, 0.05) is 24.5 Å². The zero-order valence-corrected chi connectivity index (χ0v) is 13.0. The number of carbonyl (C=O) groups excluding carboxylic acids is 1. The summed E-state index contributed by atoms with van der Waals surface area (Å²) >= 11 is 0. The van der Waals surface area contributed by atoms with E-state index in [9.17, 15) is 4.79 Å². The van der Waals surface area contributed by atoms with E-state index >= 15 is 0 Å². The first-order chi connectivity index (χ1) is 10.3. The van der Waals surface area contributed by atoms with Crippen LogP contribution in [0.2, 0.25) is 0 Å². The first kappa shape index (κ1) is 17.0. The maximum Gasteiger partial charge on any atom is 0.331 e. The van der Waals surface area contributed by atoms with Crippen LogP contribution in [0.4, 0.5) is 0 Å². The van der Waals surface area contributed by atoms with Crippen molar-refractivity contribution in [3.05, 3.63) is 47.5 Å². The number of unbranched alkanes of at least 4 members (excludes halogenated alkanes) is 4. The predicted molar refractivity (Wildman–Crippen MR) is 86.8 cm³/mol. The van der Waals surface area contributed by atoms with Crippen molar-refractivity contribution in [1.29, 1.82) is 0 Å². The Morgan fingerprint density at radius 2 is 1.95 bits per heavy atom. The van der Waals surface area contributed by atoms with Crippen LogP contribution in [0.1, 0.15) is 44.6 Å². The van der Waals surface area contributed by atoms with Crippen molar-refractivity contribution in [2.75, 3.05) is 7.11 Å². The Morgan fingerprint density at radius 3 is 2.62 bits per heavy atom. The van der Waals surface area contributed by atoms with Gasteiger partial charge in [-0.2, -0.15) is 0 Å². The van der Waals surface area contributed by atoms with E-state index in [2.05, 4.69) is 18.8 Å². The molecule has 2 nitrogen and oxygen atoms in total. The molecule has 0 amide bonds. The van der Waals surface area contributed by atoms with Crippen molar-refractivity contribution < 1.29 is 9.53 Å². The highest BCUT2D eigenvalue weighted by molar-refractivity contribution is 5.83. The smallest absolute Gasteiger partial charge is 0.331 e. The molecule has 0 aromatic heterocycles. The lowest BCUT2D eigenvalue weighted by molar-refractivity contribution is -0.134. The van der Waals surface area contributed by atoms with Gasteiger partial charge in [-0.1, -0.05) is 68.4 Å². The van der Waals surface area contributed by atoms with Crippen molar-refractivity contribution >= 4 is 5.97 Å². The van der Waals surface area contributed by atoms with Gasteiger partial charge in [0.15, 0.2) is 0 Å². The normalized spacial score (nSPS) is 10.7. The number of hydrogen-bond donors (Lipinski definition) is 0. The first-order valence-electron chi connectivity index (χ1n) is 7.57. The number of benzene rings is 1. The molecule has 0 spiro atoms. The molecule has 112 valence electrons. The van der Waals surface area contributed by atoms with Gasteiger partial charge in [-0.05, 0) is 12.0 Å². The number of carbonyl (C=O) groups is 1. The molecule has 0 atom stereocenters. The SMILES string of the molecule is CCCCCCC#C/C(=C\C(=O)OC)Cc1ccccc1. The van der Waals surface area contributed by atoms with Gasteiger partial charge in [0.1, 0.15) is 0 Å². The third-order valence-corrected chi connectivity index (χ3v) is 3.13. The molecule has 0 saturated carbocycles. The van der Waals surface area contributed by atoms with E-state index in [0.717, 1.165) is 24.0 Å². The van der Waals surface area contributed by atoms with E-state index in [1.54, 1.807) is 0 Å². The van der Waals surface area contributed by atoms with Crippen molar-refractivity contribution in [3.63, 3.8) is 0 Å². The van der Waals surface area contributed by atoms with Crippen LogP contribution < -0.4 is 0 Å². The molecule has 1 rings (SSSR count). The van der Waals surface area contributed by atoms with Crippen LogP contribution in [0.25, 0.3) is 0 Å². The molecule has 21 heavy (non-hydrogen) atoms. The third kappa shape index (κ3) is 7.99. The summed E-state index contributed by atoms with van der Waals surface area (Å²) in [4.78, 5) is 11.4. The van der Waals surface area contributed by atoms with E-state index in [4.69, 9.17) is 4.74 Å². The number of allylic oxidation sites excluding steroid dienone is 1. The fraction of sp³-hybridized carbons (Fsp3) is 0.421. The fourth-order valence-electron chi connectivity index (χ4n) is 1.96. The van der Waals surface area contributed by atoms with Crippen LogP contribution in [0.5, 0.6) is 0 Å². The number of ether oxygens (including phenoxy) is 1. The second kappa shape index (κ2) is 10.7. The molecule has 0 bridgehead atoms. The van der Waals surface area contributed by atoms with E-state index in [-0.39, 0.29) is 5.97 Å². The summed E-state index contributed by atoms with van der Waals surface area (Å²) in [6.45, 7) is 2.20. The molecule has 0 unspecified atom stereocenters. The molecule has 0 heterocycles. The van der Waals surface area contributed by atoms with Crippen LogP contribution in [-0.4, -0.2) is 13.1 Å². The molecular weight excluding hydrogens is 260 g/mol. The number of hydrogen-bond acceptors (Lipinski definition) is 2. The van der Waals surface area contributed by atoms with Gasteiger partial charge < -0.3 is 4.74 Å². The lowest BCUT2D eigenvalue weighted by Gasteiger charge is -2.01. The van der Waals surface area contributed by atoms with Crippen LogP contribution in [0.3, 0.4) is 0 Å². The predicted octanol–water partition coefficient (Wildman–Crippen LogP) is 4.30. The second-order valence-electron chi connectivity index (χ2n) is 4.97. The molecule has 0 aliphatic rings. The van der Waals surface area contributed by atoms with Gasteiger partial charge in [0.05, 0.1) is 7.11 Å². The Balaban J connectivity index is 2.63. The summed E-state index contributed by atoms with van der Waals surface area (Å²) in [6, 6.07) is 10.0. The summed E-state index contributed by atoms with van der Waals surface area (Å²) in [7, 11) is 1.39. The maximum atomic E-state index is 11.4. The zero-order valence-electron chi connectivity index (χ0n) is 13.0. The Bertz CT molecular complexity index is 503. The molecular formula is C19H24O2. The standard InChI is InChI=1S/C19H24O2/c1-3-4-5-6-7-9-14-18(16-19(20)21-2)15-17-12-10-8-11-13-17/h8,10-13,16H,3-7,15H2,1-2H3/b18-16+. The van der Waals surface area contributed by atoms with E-state index in [0.29, 0.717) is 6.42 Å². The van der Waals surface area contributed by atoms with E-state index in [1.807, 2.05) is 30.3 Å². The molecule has 1 aromatic rings. The lowest BCUT2D eigenvalue weighted by atomic mass is 10.0. The summed E-state index contributed by atoms with van der Waals surface area (Å²) in [5.41, 5.74) is 1.96. The third-order valence-electron chi connectivity index (χ3n) is 3.13. The van der Waals surface area contributed by atoms with Crippen molar-refractivity contribution in [2.24, 2.45) is 0 Å². The topological polar surface area (TPSA) is 26.3 Å². The highest BCUT2D eigenvalue weighted by atomic mass is 16.5. The van der Waals surface area contributed by atoms with Crippen LogP contribution >= 0.6 is 0 Å². The summed E-state index contributed by atoms with van der Waals surface area (Å²) in [5.74, 6) is 5.94. The number of esters is 1. The minimum Gasteiger partial charge on any atom is -0.466 e. The molecule has 0 N–H and O–H groups in total.